The standard InChI is InChI=1S/C12H12FN3O3S/c13-8-1-3-9(4-2-8)20(18,19)16-6-5-11-10(7-16)12(17)15-14-11/h1-4H,5-7H2,(H2,14,15,17). The van der Waals surface area contributed by atoms with Crippen LogP contribution in [0.25, 0.3) is 0 Å². The minimum Gasteiger partial charge on any atom is -0.302 e. The van der Waals surface area contributed by atoms with Crippen LogP contribution in [0.5, 0.6) is 0 Å². The zero-order chi connectivity index (χ0) is 14.3. The lowest BCUT2D eigenvalue weighted by Gasteiger charge is -2.25. The summed E-state index contributed by atoms with van der Waals surface area (Å²) >= 11 is 0. The summed E-state index contributed by atoms with van der Waals surface area (Å²) in [6.45, 7) is 0.300. The van der Waals surface area contributed by atoms with Gasteiger partial charge in [0.25, 0.3) is 5.56 Å². The van der Waals surface area contributed by atoms with E-state index in [1.807, 2.05) is 0 Å². The minimum atomic E-state index is -3.72. The summed E-state index contributed by atoms with van der Waals surface area (Å²) in [6.07, 6.45) is 0.439. The first kappa shape index (κ1) is 13.1. The maximum Gasteiger partial charge on any atom is 0.268 e. The van der Waals surface area contributed by atoms with Crippen LogP contribution in [-0.4, -0.2) is 29.5 Å². The molecule has 0 amide bonds. The van der Waals surface area contributed by atoms with Gasteiger partial charge in [0.2, 0.25) is 10.0 Å². The molecular weight excluding hydrogens is 285 g/mol. The first-order valence-electron chi connectivity index (χ1n) is 6.02. The van der Waals surface area contributed by atoms with E-state index in [1.54, 1.807) is 0 Å². The maximum absolute atomic E-state index is 12.9. The highest BCUT2D eigenvalue weighted by atomic mass is 32.2. The van der Waals surface area contributed by atoms with E-state index in [0.717, 1.165) is 17.8 Å². The average Bonchev–Trinajstić information content (AvgIpc) is 2.80. The number of benzene rings is 1. The molecule has 1 aliphatic heterocycles. The first-order chi connectivity index (χ1) is 9.48. The van der Waals surface area contributed by atoms with E-state index in [0.29, 0.717) is 12.0 Å². The SMILES string of the molecule is O=c1[nH][nH]c2c1CN(S(=O)(=O)c1ccc(F)cc1)CC2. The van der Waals surface area contributed by atoms with E-state index in [4.69, 9.17) is 0 Å². The van der Waals surface area contributed by atoms with Gasteiger partial charge in [-0.1, -0.05) is 0 Å². The zero-order valence-corrected chi connectivity index (χ0v) is 11.2. The lowest BCUT2D eigenvalue weighted by molar-refractivity contribution is 0.389. The van der Waals surface area contributed by atoms with E-state index in [-0.39, 0.29) is 23.5 Å². The lowest BCUT2D eigenvalue weighted by Crippen LogP contribution is -2.37. The molecule has 1 aliphatic rings. The molecule has 0 bridgehead atoms. The quantitative estimate of drug-likeness (QED) is 0.850. The van der Waals surface area contributed by atoms with E-state index in [9.17, 15) is 17.6 Å². The van der Waals surface area contributed by atoms with Crippen molar-refractivity contribution < 1.29 is 12.8 Å². The second-order valence-electron chi connectivity index (χ2n) is 4.58. The number of nitrogens with one attached hydrogen (secondary N) is 2. The van der Waals surface area contributed by atoms with Crippen molar-refractivity contribution in [2.24, 2.45) is 0 Å². The van der Waals surface area contributed by atoms with Crippen LogP contribution in [-0.2, 0) is 23.0 Å². The molecule has 2 aromatic rings. The third kappa shape index (κ3) is 2.06. The highest BCUT2D eigenvalue weighted by Gasteiger charge is 2.30. The van der Waals surface area contributed by atoms with Gasteiger partial charge in [0, 0.05) is 25.2 Å². The van der Waals surface area contributed by atoms with Crippen LogP contribution in [0.2, 0.25) is 0 Å². The largest absolute Gasteiger partial charge is 0.302 e. The number of rotatable bonds is 2. The van der Waals surface area contributed by atoms with E-state index < -0.39 is 15.8 Å². The Kier molecular flexibility index (Phi) is 2.98. The molecule has 106 valence electrons. The summed E-state index contributed by atoms with van der Waals surface area (Å²) in [4.78, 5) is 11.6. The molecule has 3 rings (SSSR count). The fourth-order valence-electron chi connectivity index (χ4n) is 2.25. The molecule has 6 nitrogen and oxygen atoms in total. The molecule has 0 atom stereocenters. The van der Waals surface area contributed by atoms with Gasteiger partial charge in [0.05, 0.1) is 10.5 Å². The molecule has 1 aromatic carbocycles. The number of halogens is 1. The van der Waals surface area contributed by atoms with Gasteiger partial charge in [-0.2, -0.15) is 4.31 Å². The van der Waals surface area contributed by atoms with Gasteiger partial charge in [0.15, 0.2) is 0 Å². The summed E-state index contributed by atoms with van der Waals surface area (Å²) in [7, 11) is -3.72. The second kappa shape index (κ2) is 4.57. The van der Waals surface area contributed by atoms with Crippen LogP contribution in [0, 0.1) is 5.82 Å². The third-order valence-corrected chi connectivity index (χ3v) is 5.22. The average molecular weight is 297 g/mol. The van der Waals surface area contributed by atoms with Gasteiger partial charge >= 0.3 is 0 Å². The molecule has 0 fully saturated rings. The number of hydrogen-bond acceptors (Lipinski definition) is 3. The molecular formula is C12H12FN3O3S. The lowest BCUT2D eigenvalue weighted by atomic mass is 10.1. The maximum atomic E-state index is 12.9. The van der Waals surface area contributed by atoms with Gasteiger partial charge < -0.3 is 5.10 Å². The molecule has 20 heavy (non-hydrogen) atoms. The highest BCUT2D eigenvalue weighted by Crippen LogP contribution is 2.22. The fourth-order valence-corrected chi connectivity index (χ4v) is 3.66. The Morgan fingerprint density at radius 2 is 1.85 bits per heavy atom. The van der Waals surface area contributed by atoms with Crippen molar-refractivity contribution in [1.82, 2.24) is 14.5 Å². The molecule has 1 aromatic heterocycles. The van der Waals surface area contributed by atoms with Crippen molar-refractivity contribution in [2.45, 2.75) is 17.9 Å². The normalized spacial score (nSPS) is 16.1. The summed E-state index contributed by atoms with van der Waals surface area (Å²) in [6, 6.07) is 4.65. The smallest absolute Gasteiger partial charge is 0.268 e. The van der Waals surface area contributed by atoms with E-state index >= 15 is 0 Å². The predicted molar refractivity (Wildman–Crippen MR) is 69.1 cm³/mol. The number of H-pyrrole nitrogens is 2. The van der Waals surface area contributed by atoms with Crippen molar-refractivity contribution in [2.75, 3.05) is 6.54 Å². The van der Waals surface area contributed by atoms with Crippen molar-refractivity contribution in [3.8, 4) is 0 Å². The summed E-state index contributed by atoms with van der Waals surface area (Å²) < 4.78 is 38.9. The van der Waals surface area contributed by atoms with Crippen molar-refractivity contribution in [1.29, 1.82) is 0 Å². The second-order valence-corrected chi connectivity index (χ2v) is 6.52. The topological polar surface area (TPSA) is 86.0 Å². The molecule has 8 heteroatoms. The van der Waals surface area contributed by atoms with E-state index in [2.05, 4.69) is 10.2 Å². The van der Waals surface area contributed by atoms with Gasteiger partial charge in [-0.3, -0.25) is 9.89 Å². The molecule has 0 aliphatic carbocycles. The predicted octanol–water partition coefficient (Wildman–Crippen LogP) is 0.589. The number of fused-ring (bicyclic) bond motifs is 1. The monoisotopic (exact) mass is 297 g/mol. The van der Waals surface area contributed by atoms with Crippen molar-refractivity contribution in [3.63, 3.8) is 0 Å². The van der Waals surface area contributed by atoms with Crippen LogP contribution in [0.1, 0.15) is 11.3 Å². The molecule has 2 N–H and O–H groups in total. The fraction of sp³-hybridized carbons (Fsp3) is 0.250. The van der Waals surface area contributed by atoms with Gasteiger partial charge in [-0.15, -0.1) is 0 Å². The number of aromatic amines is 2. The molecule has 0 saturated carbocycles. The molecule has 0 spiro atoms. The van der Waals surface area contributed by atoms with Gasteiger partial charge in [-0.25, -0.2) is 12.8 Å². The summed E-state index contributed by atoms with van der Waals surface area (Å²) in [5.74, 6) is -0.494. The van der Waals surface area contributed by atoms with Crippen LogP contribution in [0.4, 0.5) is 4.39 Å². The molecule has 2 heterocycles. The number of sulfonamides is 1. The third-order valence-electron chi connectivity index (χ3n) is 3.36. The Bertz CT molecular complexity index is 792. The number of nitrogens with zero attached hydrogens (tertiary/aromatic N) is 1. The van der Waals surface area contributed by atoms with Crippen LogP contribution in [0.15, 0.2) is 34.0 Å². The van der Waals surface area contributed by atoms with Crippen LogP contribution < -0.4 is 5.56 Å². The molecule has 0 radical (unpaired) electrons. The molecule has 0 unspecified atom stereocenters. The van der Waals surface area contributed by atoms with Crippen molar-refractivity contribution in [3.05, 3.63) is 51.7 Å². The zero-order valence-electron chi connectivity index (χ0n) is 10.4. The Morgan fingerprint density at radius 3 is 2.55 bits per heavy atom. The Morgan fingerprint density at radius 1 is 1.15 bits per heavy atom. The minimum absolute atomic E-state index is 0.0217. The number of aromatic nitrogens is 2. The molecule has 0 saturated heterocycles. The summed E-state index contributed by atoms with van der Waals surface area (Å²) in [5, 5.41) is 5.18. The Labute approximate surface area is 114 Å². The summed E-state index contributed by atoms with van der Waals surface area (Å²) in [5.41, 5.74) is 0.862. The van der Waals surface area contributed by atoms with Crippen molar-refractivity contribution >= 4 is 10.0 Å². The van der Waals surface area contributed by atoms with Gasteiger partial charge in [-0.05, 0) is 24.3 Å². The number of hydrogen-bond donors (Lipinski definition) is 2. The van der Waals surface area contributed by atoms with Crippen LogP contribution in [0.3, 0.4) is 0 Å². The Hall–Kier alpha value is -1.93. The van der Waals surface area contributed by atoms with Gasteiger partial charge in [0.1, 0.15) is 5.82 Å². The van der Waals surface area contributed by atoms with Crippen LogP contribution >= 0.6 is 0 Å². The first-order valence-corrected chi connectivity index (χ1v) is 7.46. The Balaban J connectivity index is 1.96. The van der Waals surface area contributed by atoms with E-state index in [1.165, 1.54) is 16.4 Å². The highest BCUT2D eigenvalue weighted by molar-refractivity contribution is 7.89.